The summed E-state index contributed by atoms with van der Waals surface area (Å²) in [6.45, 7) is 1.42. The summed E-state index contributed by atoms with van der Waals surface area (Å²) in [7, 11) is 0. The molecule has 2 aromatic carbocycles. The molecule has 3 aromatic rings. The predicted molar refractivity (Wildman–Crippen MR) is 108 cm³/mol. The van der Waals surface area contributed by atoms with Crippen LogP contribution in [-0.4, -0.2) is 18.0 Å². The molecule has 0 atom stereocenters. The zero-order chi connectivity index (χ0) is 19.2. The van der Waals surface area contributed by atoms with Crippen molar-refractivity contribution in [3.05, 3.63) is 76.5 Å². The minimum absolute atomic E-state index is 0.169. The molecular formula is C20H16BrN3O3. The summed E-state index contributed by atoms with van der Waals surface area (Å²) in [6.07, 6.45) is 1.44. The quantitative estimate of drug-likeness (QED) is 0.468. The molecule has 0 radical (unpaired) electrons. The first kappa shape index (κ1) is 18.6. The topological polar surface area (TPSA) is 83.7 Å². The van der Waals surface area contributed by atoms with Gasteiger partial charge in [-0.15, -0.1) is 0 Å². The van der Waals surface area contributed by atoms with E-state index in [1.54, 1.807) is 30.3 Å². The molecule has 2 N–H and O–H groups in total. The van der Waals surface area contributed by atoms with Crippen LogP contribution in [0.25, 0.3) is 11.3 Å². The third kappa shape index (κ3) is 5.15. The molecule has 7 heteroatoms. The van der Waals surface area contributed by atoms with Crippen molar-refractivity contribution in [2.75, 3.05) is 5.32 Å². The summed E-state index contributed by atoms with van der Waals surface area (Å²) in [5.74, 6) is 0.705. The SMILES string of the molecule is CC(=O)Nc1ccc(C(=O)NN=Cc2ccc(-c3ccc(Br)cc3)o2)cc1. The largest absolute Gasteiger partial charge is 0.455 e. The molecule has 0 spiro atoms. The van der Waals surface area contributed by atoms with Gasteiger partial charge in [-0.25, -0.2) is 5.43 Å². The molecule has 1 heterocycles. The van der Waals surface area contributed by atoms with E-state index in [4.69, 9.17) is 4.42 Å². The van der Waals surface area contributed by atoms with Gasteiger partial charge in [0.1, 0.15) is 11.5 Å². The van der Waals surface area contributed by atoms with Crippen molar-refractivity contribution < 1.29 is 14.0 Å². The van der Waals surface area contributed by atoms with Crippen molar-refractivity contribution >= 4 is 39.6 Å². The lowest BCUT2D eigenvalue weighted by molar-refractivity contribution is -0.114. The monoisotopic (exact) mass is 425 g/mol. The van der Waals surface area contributed by atoms with Gasteiger partial charge in [0, 0.05) is 28.2 Å². The van der Waals surface area contributed by atoms with E-state index in [9.17, 15) is 9.59 Å². The van der Waals surface area contributed by atoms with E-state index in [2.05, 4.69) is 31.8 Å². The highest BCUT2D eigenvalue weighted by Crippen LogP contribution is 2.23. The third-order valence-corrected chi connectivity index (χ3v) is 4.11. The Labute approximate surface area is 164 Å². The maximum Gasteiger partial charge on any atom is 0.271 e. The molecule has 27 heavy (non-hydrogen) atoms. The average Bonchev–Trinajstić information content (AvgIpc) is 3.11. The van der Waals surface area contributed by atoms with Crippen LogP contribution in [-0.2, 0) is 4.79 Å². The van der Waals surface area contributed by atoms with E-state index in [0.29, 0.717) is 22.8 Å². The lowest BCUT2D eigenvalue weighted by atomic mass is 10.2. The molecule has 0 aliphatic heterocycles. The summed E-state index contributed by atoms with van der Waals surface area (Å²) in [6, 6.07) is 17.9. The fraction of sp³-hybridized carbons (Fsp3) is 0.0500. The highest BCUT2D eigenvalue weighted by molar-refractivity contribution is 9.10. The Morgan fingerprint density at radius 1 is 1.00 bits per heavy atom. The highest BCUT2D eigenvalue weighted by Gasteiger charge is 2.06. The summed E-state index contributed by atoms with van der Waals surface area (Å²) in [5.41, 5.74) is 4.44. The van der Waals surface area contributed by atoms with E-state index in [1.165, 1.54) is 13.1 Å². The van der Waals surface area contributed by atoms with Gasteiger partial charge in [-0.2, -0.15) is 5.10 Å². The maximum absolute atomic E-state index is 12.1. The normalized spacial score (nSPS) is 10.7. The zero-order valence-corrected chi connectivity index (χ0v) is 16.0. The molecule has 2 amide bonds. The summed E-state index contributed by atoms with van der Waals surface area (Å²) >= 11 is 3.39. The zero-order valence-electron chi connectivity index (χ0n) is 14.4. The molecule has 0 bridgehead atoms. The number of furan rings is 1. The molecule has 0 saturated carbocycles. The third-order valence-electron chi connectivity index (χ3n) is 3.58. The van der Waals surface area contributed by atoms with Gasteiger partial charge in [-0.3, -0.25) is 9.59 Å². The van der Waals surface area contributed by atoms with E-state index < -0.39 is 0 Å². The second-order valence-corrected chi connectivity index (χ2v) is 6.58. The molecule has 1 aromatic heterocycles. The number of carbonyl (C=O) groups excluding carboxylic acids is 2. The number of hydrogen-bond donors (Lipinski definition) is 2. The standard InChI is InChI=1S/C20H16BrN3O3/c1-13(25)23-17-8-4-15(5-9-17)20(26)24-22-12-18-10-11-19(27-18)14-2-6-16(21)7-3-14/h2-12H,1H3,(H,23,25)(H,24,26). The molecule has 0 aliphatic carbocycles. The van der Waals surface area contributed by atoms with Crippen molar-refractivity contribution in [3.63, 3.8) is 0 Å². The Bertz CT molecular complexity index is 976. The van der Waals surface area contributed by atoms with Crippen molar-refractivity contribution in [2.24, 2.45) is 5.10 Å². The molecule has 0 unspecified atom stereocenters. The smallest absolute Gasteiger partial charge is 0.271 e. The first-order valence-electron chi connectivity index (χ1n) is 8.08. The highest BCUT2D eigenvalue weighted by atomic mass is 79.9. The predicted octanol–water partition coefficient (Wildman–Crippen LogP) is 4.43. The average molecular weight is 426 g/mol. The molecule has 0 aliphatic rings. The van der Waals surface area contributed by atoms with Crippen molar-refractivity contribution in [1.29, 1.82) is 0 Å². The molecule has 0 fully saturated rings. The van der Waals surface area contributed by atoms with Gasteiger partial charge in [0.25, 0.3) is 5.91 Å². The van der Waals surface area contributed by atoms with Crippen LogP contribution < -0.4 is 10.7 Å². The number of hydrazone groups is 1. The van der Waals surface area contributed by atoms with Crippen LogP contribution in [0.3, 0.4) is 0 Å². The van der Waals surface area contributed by atoms with E-state index in [-0.39, 0.29) is 11.8 Å². The van der Waals surface area contributed by atoms with Crippen LogP contribution in [0.5, 0.6) is 0 Å². The minimum Gasteiger partial charge on any atom is -0.455 e. The van der Waals surface area contributed by atoms with Gasteiger partial charge in [0.05, 0.1) is 6.21 Å². The number of nitrogens with zero attached hydrogens (tertiary/aromatic N) is 1. The number of hydrogen-bond acceptors (Lipinski definition) is 4. The number of amides is 2. The lowest BCUT2D eigenvalue weighted by Crippen LogP contribution is -2.17. The van der Waals surface area contributed by atoms with Crippen LogP contribution in [0.2, 0.25) is 0 Å². The number of rotatable bonds is 5. The first-order valence-corrected chi connectivity index (χ1v) is 8.87. The fourth-order valence-corrected chi connectivity index (χ4v) is 2.58. The van der Waals surface area contributed by atoms with Gasteiger partial charge < -0.3 is 9.73 Å². The second kappa shape index (κ2) is 8.46. The van der Waals surface area contributed by atoms with Gasteiger partial charge in [0.15, 0.2) is 0 Å². The van der Waals surface area contributed by atoms with Crippen LogP contribution in [0, 0.1) is 0 Å². The first-order chi connectivity index (χ1) is 13.0. The van der Waals surface area contributed by atoms with Gasteiger partial charge >= 0.3 is 0 Å². The lowest BCUT2D eigenvalue weighted by Gasteiger charge is -2.03. The molecule has 3 rings (SSSR count). The number of benzene rings is 2. The van der Waals surface area contributed by atoms with E-state index >= 15 is 0 Å². The molecular weight excluding hydrogens is 410 g/mol. The number of carbonyl (C=O) groups is 2. The van der Waals surface area contributed by atoms with E-state index in [1.807, 2.05) is 30.3 Å². The fourth-order valence-electron chi connectivity index (χ4n) is 2.32. The van der Waals surface area contributed by atoms with E-state index in [0.717, 1.165) is 10.0 Å². The van der Waals surface area contributed by atoms with Crippen LogP contribution in [0.4, 0.5) is 5.69 Å². The Hall–Kier alpha value is -3.19. The molecule has 0 saturated heterocycles. The van der Waals surface area contributed by atoms with Crippen molar-refractivity contribution in [3.8, 4) is 11.3 Å². The van der Waals surface area contributed by atoms with Gasteiger partial charge in [0.2, 0.25) is 5.91 Å². The second-order valence-electron chi connectivity index (χ2n) is 5.67. The summed E-state index contributed by atoms with van der Waals surface area (Å²) in [5, 5.41) is 6.55. The Balaban J connectivity index is 1.59. The maximum atomic E-state index is 12.1. The number of halogens is 1. The van der Waals surface area contributed by atoms with Crippen molar-refractivity contribution in [2.45, 2.75) is 6.92 Å². The van der Waals surface area contributed by atoms with Crippen LogP contribution in [0.15, 0.2) is 74.7 Å². The van der Waals surface area contributed by atoms with Crippen LogP contribution >= 0.6 is 15.9 Å². The summed E-state index contributed by atoms with van der Waals surface area (Å²) < 4.78 is 6.69. The van der Waals surface area contributed by atoms with Gasteiger partial charge in [-0.05, 0) is 48.5 Å². The Kier molecular flexibility index (Phi) is 5.83. The van der Waals surface area contributed by atoms with Gasteiger partial charge in [-0.1, -0.05) is 28.1 Å². The van der Waals surface area contributed by atoms with Crippen molar-refractivity contribution in [1.82, 2.24) is 5.43 Å². The van der Waals surface area contributed by atoms with Crippen LogP contribution in [0.1, 0.15) is 23.0 Å². The molecule has 136 valence electrons. The molecule has 6 nitrogen and oxygen atoms in total. The Morgan fingerprint density at radius 3 is 2.37 bits per heavy atom. The number of anilines is 1. The Morgan fingerprint density at radius 2 is 1.70 bits per heavy atom. The summed E-state index contributed by atoms with van der Waals surface area (Å²) in [4.78, 5) is 23.1. The number of nitrogens with one attached hydrogen (secondary N) is 2. The minimum atomic E-state index is -0.361.